The summed E-state index contributed by atoms with van der Waals surface area (Å²) in [7, 11) is 1.50. The second-order valence-electron chi connectivity index (χ2n) is 4.69. The van der Waals surface area contributed by atoms with Crippen LogP contribution in [0.3, 0.4) is 0 Å². The van der Waals surface area contributed by atoms with Crippen LogP contribution in [-0.2, 0) is 4.79 Å². The maximum atomic E-state index is 11.0. The first-order valence-electron chi connectivity index (χ1n) is 6.88. The molecule has 0 unspecified atom stereocenters. The lowest BCUT2D eigenvalue weighted by atomic mass is 10.2. The average molecular weight is 378 g/mol. The van der Waals surface area contributed by atoms with Crippen molar-refractivity contribution >= 4 is 33.8 Å². The number of halogens is 1. The smallest absolute Gasteiger partial charge is 0.344 e. The standard InChI is InChI=1S/C17H16BrNO4/c1-11(17(20)21)23-16-12(6-5-9-15(16)22-2)10-19-14-8-4-3-7-13(14)18/h3-11H,1-2H3,(H,20,21)/t11-/m1/s1. The SMILES string of the molecule is COc1cccc(C=Nc2ccccc2Br)c1O[C@H](C)C(=O)O. The van der Waals surface area contributed by atoms with E-state index in [-0.39, 0.29) is 0 Å². The third-order valence-electron chi connectivity index (χ3n) is 3.07. The summed E-state index contributed by atoms with van der Waals surface area (Å²) in [6.45, 7) is 1.46. The van der Waals surface area contributed by atoms with E-state index >= 15 is 0 Å². The Morgan fingerprint density at radius 1 is 1.26 bits per heavy atom. The number of hydrogen-bond donors (Lipinski definition) is 1. The topological polar surface area (TPSA) is 68.1 Å². The highest BCUT2D eigenvalue weighted by molar-refractivity contribution is 9.10. The van der Waals surface area contributed by atoms with E-state index in [1.165, 1.54) is 14.0 Å². The van der Waals surface area contributed by atoms with Crippen LogP contribution in [0.4, 0.5) is 5.69 Å². The van der Waals surface area contributed by atoms with Gasteiger partial charge in [0.25, 0.3) is 0 Å². The highest BCUT2D eigenvalue weighted by atomic mass is 79.9. The molecule has 1 N–H and O–H groups in total. The molecule has 0 radical (unpaired) electrons. The lowest BCUT2D eigenvalue weighted by Gasteiger charge is -2.15. The summed E-state index contributed by atoms with van der Waals surface area (Å²) in [5, 5.41) is 9.04. The zero-order valence-corrected chi connectivity index (χ0v) is 14.3. The molecule has 0 aliphatic rings. The van der Waals surface area contributed by atoms with Gasteiger partial charge in [0.05, 0.1) is 12.8 Å². The quantitative estimate of drug-likeness (QED) is 0.770. The van der Waals surface area contributed by atoms with Crippen LogP contribution in [0.25, 0.3) is 0 Å². The highest BCUT2D eigenvalue weighted by Crippen LogP contribution is 2.32. The number of carbonyl (C=O) groups is 1. The number of ether oxygens (including phenoxy) is 2. The van der Waals surface area contributed by atoms with Crippen molar-refractivity contribution in [3.05, 3.63) is 52.5 Å². The van der Waals surface area contributed by atoms with E-state index in [1.54, 1.807) is 24.4 Å². The Kier molecular flexibility index (Phi) is 5.76. The summed E-state index contributed by atoms with van der Waals surface area (Å²) in [5.41, 5.74) is 1.39. The monoisotopic (exact) mass is 377 g/mol. The molecule has 2 aromatic carbocycles. The van der Waals surface area contributed by atoms with Crippen molar-refractivity contribution in [3.8, 4) is 11.5 Å². The molecule has 0 heterocycles. The highest BCUT2D eigenvalue weighted by Gasteiger charge is 2.17. The van der Waals surface area contributed by atoms with Crippen LogP contribution in [0.1, 0.15) is 12.5 Å². The number of aliphatic carboxylic acids is 1. The number of aliphatic imine (C=N–C) groups is 1. The van der Waals surface area contributed by atoms with Gasteiger partial charge in [0.2, 0.25) is 0 Å². The van der Waals surface area contributed by atoms with Crippen molar-refractivity contribution in [1.82, 2.24) is 0 Å². The Bertz CT molecular complexity index is 730. The zero-order valence-electron chi connectivity index (χ0n) is 12.7. The van der Waals surface area contributed by atoms with Crippen molar-refractivity contribution in [3.63, 3.8) is 0 Å². The molecular weight excluding hydrogens is 362 g/mol. The van der Waals surface area contributed by atoms with Crippen LogP contribution in [0.15, 0.2) is 51.9 Å². The Labute approximate surface area is 142 Å². The van der Waals surface area contributed by atoms with E-state index in [0.717, 1.165) is 10.2 Å². The van der Waals surface area contributed by atoms with Crippen LogP contribution < -0.4 is 9.47 Å². The minimum Gasteiger partial charge on any atom is -0.493 e. The summed E-state index contributed by atoms with van der Waals surface area (Å²) in [6.07, 6.45) is 0.619. The summed E-state index contributed by atoms with van der Waals surface area (Å²) in [4.78, 5) is 15.4. The molecule has 0 spiro atoms. The molecule has 0 aliphatic carbocycles. The van der Waals surface area contributed by atoms with E-state index in [0.29, 0.717) is 17.1 Å². The van der Waals surface area contributed by atoms with Crippen molar-refractivity contribution in [1.29, 1.82) is 0 Å². The lowest BCUT2D eigenvalue weighted by molar-refractivity contribution is -0.144. The zero-order chi connectivity index (χ0) is 16.8. The minimum atomic E-state index is -1.05. The number of nitrogens with zero attached hydrogens (tertiary/aromatic N) is 1. The molecule has 5 nitrogen and oxygen atoms in total. The van der Waals surface area contributed by atoms with E-state index < -0.39 is 12.1 Å². The summed E-state index contributed by atoms with van der Waals surface area (Å²) in [5.74, 6) is -0.250. The molecule has 0 aromatic heterocycles. The molecule has 0 saturated carbocycles. The lowest BCUT2D eigenvalue weighted by Crippen LogP contribution is -2.23. The fraction of sp³-hybridized carbons (Fsp3) is 0.176. The van der Waals surface area contributed by atoms with Gasteiger partial charge < -0.3 is 14.6 Å². The third kappa shape index (κ3) is 4.32. The van der Waals surface area contributed by atoms with Gasteiger partial charge in [-0.25, -0.2) is 4.79 Å². The Morgan fingerprint density at radius 3 is 2.65 bits per heavy atom. The summed E-state index contributed by atoms with van der Waals surface area (Å²) < 4.78 is 11.6. The Balaban J connectivity index is 2.38. The van der Waals surface area contributed by atoms with Gasteiger partial charge in [0.15, 0.2) is 17.6 Å². The van der Waals surface area contributed by atoms with Gasteiger partial charge in [-0.05, 0) is 47.1 Å². The van der Waals surface area contributed by atoms with Gasteiger partial charge in [0.1, 0.15) is 0 Å². The normalized spacial score (nSPS) is 12.1. The molecule has 0 saturated heterocycles. The first-order valence-corrected chi connectivity index (χ1v) is 7.67. The fourth-order valence-corrected chi connectivity index (χ4v) is 2.23. The van der Waals surface area contributed by atoms with Gasteiger partial charge in [-0.15, -0.1) is 0 Å². The van der Waals surface area contributed by atoms with Crippen LogP contribution in [0, 0.1) is 0 Å². The largest absolute Gasteiger partial charge is 0.493 e. The number of hydrogen-bond acceptors (Lipinski definition) is 4. The first-order chi connectivity index (χ1) is 11.0. The van der Waals surface area contributed by atoms with Gasteiger partial charge in [-0.2, -0.15) is 0 Å². The minimum absolute atomic E-state index is 0.348. The van der Waals surface area contributed by atoms with Gasteiger partial charge >= 0.3 is 5.97 Å². The van der Waals surface area contributed by atoms with Crippen molar-refractivity contribution < 1.29 is 19.4 Å². The van der Waals surface area contributed by atoms with Crippen LogP contribution in [-0.4, -0.2) is 30.5 Å². The molecule has 2 aromatic rings. The fourth-order valence-electron chi connectivity index (χ4n) is 1.84. The predicted molar refractivity (Wildman–Crippen MR) is 92.1 cm³/mol. The number of carboxylic acid groups (broad SMARTS) is 1. The second-order valence-corrected chi connectivity index (χ2v) is 5.54. The number of para-hydroxylation sites is 2. The van der Waals surface area contributed by atoms with Crippen molar-refractivity contribution in [2.45, 2.75) is 13.0 Å². The van der Waals surface area contributed by atoms with Gasteiger partial charge in [0, 0.05) is 16.3 Å². The van der Waals surface area contributed by atoms with E-state index in [2.05, 4.69) is 20.9 Å². The summed E-state index contributed by atoms with van der Waals surface area (Å²) >= 11 is 3.43. The molecule has 23 heavy (non-hydrogen) atoms. The summed E-state index contributed by atoms with van der Waals surface area (Å²) in [6, 6.07) is 12.8. The number of benzene rings is 2. The van der Waals surface area contributed by atoms with E-state index in [9.17, 15) is 4.79 Å². The third-order valence-corrected chi connectivity index (χ3v) is 3.74. The average Bonchev–Trinajstić information content (AvgIpc) is 2.54. The maximum Gasteiger partial charge on any atom is 0.344 e. The van der Waals surface area contributed by atoms with Crippen LogP contribution in [0.2, 0.25) is 0 Å². The van der Waals surface area contributed by atoms with Gasteiger partial charge in [-0.3, -0.25) is 4.99 Å². The van der Waals surface area contributed by atoms with Gasteiger partial charge in [-0.1, -0.05) is 18.2 Å². The predicted octanol–water partition coefficient (Wildman–Crippen LogP) is 4.06. The Hall–Kier alpha value is -2.34. The first kappa shape index (κ1) is 17.0. The molecule has 2 rings (SSSR count). The van der Waals surface area contributed by atoms with Crippen LogP contribution >= 0.6 is 15.9 Å². The van der Waals surface area contributed by atoms with Crippen molar-refractivity contribution in [2.75, 3.05) is 7.11 Å². The number of rotatable bonds is 6. The molecule has 0 fully saturated rings. The molecule has 0 amide bonds. The maximum absolute atomic E-state index is 11.0. The number of methoxy groups -OCH3 is 1. The molecular formula is C17H16BrNO4. The second kappa shape index (κ2) is 7.78. The number of carboxylic acids is 1. The van der Waals surface area contributed by atoms with Crippen molar-refractivity contribution in [2.24, 2.45) is 4.99 Å². The Morgan fingerprint density at radius 2 is 2.00 bits per heavy atom. The van der Waals surface area contributed by atoms with E-state index in [1.807, 2.05) is 24.3 Å². The van der Waals surface area contributed by atoms with Crippen LogP contribution in [0.5, 0.6) is 11.5 Å². The molecule has 0 aliphatic heterocycles. The molecule has 120 valence electrons. The van der Waals surface area contributed by atoms with E-state index in [4.69, 9.17) is 14.6 Å². The molecule has 6 heteroatoms. The molecule has 1 atom stereocenters. The molecule has 0 bridgehead atoms.